The fourth-order valence-corrected chi connectivity index (χ4v) is 7.12. The molecular weight excluding hydrogens is 540 g/mol. The molecule has 13 heteroatoms. The zero-order valence-electron chi connectivity index (χ0n) is 20.1. The Bertz CT molecular complexity index is 1330. The van der Waals surface area contributed by atoms with Crippen molar-refractivity contribution in [2.75, 3.05) is 19.4 Å². The Morgan fingerprint density at radius 3 is 2.73 bits per heavy atom. The van der Waals surface area contributed by atoms with Crippen LogP contribution in [0.2, 0.25) is 0 Å². The van der Waals surface area contributed by atoms with E-state index in [4.69, 9.17) is 16.3 Å². The molecule has 2 saturated heterocycles. The van der Waals surface area contributed by atoms with Gasteiger partial charge in [0, 0.05) is 12.8 Å². The van der Waals surface area contributed by atoms with Crippen LogP contribution in [0.4, 0.5) is 0 Å². The molecule has 2 amide bonds. The second-order valence-electron chi connectivity index (χ2n) is 9.76. The number of likely N-dealkylation sites (tertiary alicyclic amines) is 1. The van der Waals surface area contributed by atoms with Gasteiger partial charge >= 0.3 is 0 Å². The lowest BCUT2D eigenvalue weighted by molar-refractivity contribution is -0.139. The van der Waals surface area contributed by atoms with Crippen molar-refractivity contribution in [1.82, 2.24) is 20.4 Å². The SMILES string of the molecule is CS(=O)(=O)c1cnnc(-c2ccc(C(=O)NC(C(=O)N3C[C@H](Cl)[C@H]4OCC(=O)[C@H]43)C3CCCCC3)s2)c1. The van der Waals surface area contributed by atoms with Gasteiger partial charge in [0.05, 0.1) is 26.2 Å². The maximum atomic E-state index is 13.8. The Morgan fingerprint density at radius 1 is 1.24 bits per heavy atom. The normalized spacial score (nSPS) is 25.2. The predicted octanol–water partition coefficient (Wildman–Crippen LogP) is 2.07. The third-order valence-electron chi connectivity index (χ3n) is 7.22. The molecule has 5 rings (SSSR count). The minimum atomic E-state index is -3.46. The van der Waals surface area contributed by atoms with Gasteiger partial charge in [-0.2, -0.15) is 5.10 Å². The number of fused-ring (bicyclic) bond motifs is 1. The highest BCUT2D eigenvalue weighted by molar-refractivity contribution is 7.90. The Morgan fingerprint density at radius 2 is 2.00 bits per heavy atom. The van der Waals surface area contributed by atoms with Gasteiger partial charge in [0.25, 0.3) is 5.91 Å². The third-order valence-corrected chi connectivity index (χ3v) is 9.79. The fourth-order valence-electron chi connectivity index (χ4n) is 5.33. The van der Waals surface area contributed by atoms with Gasteiger partial charge in [-0.3, -0.25) is 14.4 Å². The Hall–Kier alpha value is -2.41. The van der Waals surface area contributed by atoms with Gasteiger partial charge in [0.15, 0.2) is 15.6 Å². The average molecular weight is 567 g/mol. The van der Waals surface area contributed by atoms with E-state index in [2.05, 4.69) is 15.5 Å². The molecule has 4 atom stereocenters. The number of nitrogens with zero attached hydrogens (tertiary/aromatic N) is 3. The number of hydrogen-bond acceptors (Lipinski definition) is 9. The standard InChI is InChI=1S/C24H27ClN4O6S2/c1-37(33,34)14-9-16(28-26-10-14)18-7-8-19(36-18)23(31)27-20(13-5-3-2-4-6-13)24(32)29-11-15(25)22-21(29)17(30)12-35-22/h7-10,13,15,20-22H,2-6,11-12H2,1H3,(H,27,31)/t15-,20?,21+,22+/m0/s1. The molecule has 0 aromatic carbocycles. The molecule has 1 aliphatic carbocycles. The van der Waals surface area contributed by atoms with Crippen LogP contribution in [-0.2, 0) is 24.2 Å². The van der Waals surface area contributed by atoms with E-state index in [1.807, 2.05) is 0 Å². The maximum absolute atomic E-state index is 13.8. The number of thiophene rings is 1. The van der Waals surface area contributed by atoms with Crippen LogP contribution in [0.15, 0.2) is 29.3 Å². The molecule has 1 N–H and O–H groups in total. The number of halogens is 1. The van der Waals surface area contributed by atoms with Crippen molar-refractivity contribution in [1.29, 1.82) is 0 Å². The Balaban J connectivity index is 1.37. The second-order valence-corrected chi connectivity index (χ2v) is 13.4. The summed E-state index contributed by atoms with van der Waals surface area (Å²) in [5.74, 6) is -0.942. The number of hydrogen-bond donors (Lipinski definition) is 1. The first kappa shape index (κ1) is 26.2. The van der Waals surface area contributed by atoms with Crippen molar-refractivity contribution >= 4 is 50.4 Å². The van der Waals surface area contributed by atoms with Gasteiger partial charge in [-0.25, -0.2) is 8.42 Å². The summed E-state index contributed by atoms with van der Waals surface area (Å²) in [5, 5.41) is 10.2. The lowest BCUT2D eigenvalue weighted by Gasteiger charge is -2.34. The summed E-state index contributed by atoms with van der Waals surface area (Å²) in [4.78, 5) is 42.0. The summed E-state index contributed by atoms with van der Waals surface area (Å²) >= 11 is 7.54. The van der Waals surface area contributed by atoms with Crippen molar-refractivity contribution in [2.24, 2.45) is 5.92 Å². The third kappa shape index (κ3) is 5.29. The first-order valence-electron chi connectivity index (χ1n) is 12.2. The van der Waals surface area contributed by atoms with E-state index in [-0.39, 0.29) is 35.7 Å². The number of alkyl halides is 1. The summed E-state index contributed by atoms with van der Waals surface area (Å²) in [5.41, 5.74) is 0.336. The van der Waals surface area contributed by atoms with E-state index >= 15 is 0 Å². The van der Waals surface area contributed by atoms with Crippen molar-refractivity contribution in [3.8, 4) is 10.6 Å². The largest absolute Gasteiger partial charge is 0.366 e. The first-order valence-corrected chi connectivity index (χ1v) is 15.3. The molecule has 0 radical (unpaired) electrons. The number of sulfone groups is 1. The minimum Gasteiger partial charge on any atom is -0.366 e. The smallest absolute Gasteiger partial charge is 0.262 e. The number of ether oxygens (including phenoxy) is 1. The molecule has 37 heavy (non-hydrogen) atoms. The van der Waals surface area contributed by atoms with Gasteiger partial charge in [-0.05, 0) is 37.0 Å². The number of carbonyl (C=O) groups is 3. The van der Waals surface area contributed by atoms with Crippen molar-refractivity contribution < 1.29 is 27.5 Å². The lowest BCUT2D eigenvalue weighted by atomic mass is 9.83. The van der Waals surface area contributed by atoms with Crippen LogP contribution in [-0.4, -0.2) is 84.1 Å². The summed E-state index contributed by atoms with van der Waals surface area (Å²) < 4.78 is 29.3. The molecule has 0 bridgehead atoms. The molecule has 2 aromatic rings. The van der Waals surface area contributed by atoms with Gasteiger partial charge < -0.3 is 15.0 Å². The summed E-state index contributed by atoms with van der Waals surface area (Å²) in [6.07, 6.45) is 6.36. The van der Waals surface area contributed by atoms with E-state index in [0.29, 0.717) is 15.4 Å². The van der Waals surface area contributed by atoms with Crippen LogP contribution in [0.3, 0.4) is 0 Å². The highest BCUT2D eigenvalue weighted by Gasteiger charge is 2.53. The molecule has 3 fully saturated rings. The van der Waals surface area contributed by atoms with E-state index < -0.39 is 39.3 Å². The predicted molar refractivity (Wildman–Crippen MR) is 136 cm³/mol. The molecule has 2 aromatic heterocycles. The molecule has 198 valence electrons. The van der Waals surface area contributed by atoms with Crippen LogP contribution in [0, 0.1) is 5.92 Å². The lowest BCUT2D eigenvalue weighted by Crippen LogP contribution is -2.55. The zero-order chi connectivity index (χ0) is 26.3. The topological polar surface area (TPSA) is 136 Å². The monoisotopic (exact) mass is 566 g/mol. The highest BCUT2D eigenvalue weighted by atomic mass is 35.5. The maximum Gasteiger partial charge on any atom is 0.262 e. The molecule has 1 saturated carbocycles. The molecule has 2 aliphatic heterocycles. The van der Waals surface area contributed by atoms with Gasteiger partial charge in [0.1, 0.15) is 30.5 Å². The van der Waals surface area contributed by atoms with Crippen LogP contribution in [0.5, 0.6) is 0 Å². The van der Waals surface area contributed by atoms with Crippen molar-refractivity contribution in [3.63, 3.8) is 0 Å². The quantitative estimate of drug-likeness (QED) is 0.525. The van der Waals surface area contributed by atoms with Crippen molar-refractivity contribution in [2.45, 2.75) is 60.6 Å². The number of amides is 2. The van der Waals surface area contributed by atoms with Crippen LogP contribution >= 0.6 is 22.9 Å². The van der Waals surface area contributed by atoms with Crippen LogP contribution in [0.1, 0.15) is 41.8 Å². The number of carbonyl (C=O) groups excluding carboxylic acids is 3. The molecule has 4 heterocycles. The number of nitrogens with one attached hydrogen (secondary N) is 1. The number of ketones is 1. The van der Waals surface area contributed by atoms with Gasteiger partial charge in [-0.15, -0.1) is 28.0 Å². The number of aromatic nitrogens is 2. The highest BCUT2D eigenvalue weighted by Crippen LogP contribution is 2.34. The number of rotatable bonds is 6. The molecular formula is C24H27ClN4O6S2. The molecule has 10 nitrogen and oxygen atoms in total. The van der Waals surface area contributed by atoms with Crippen LogP contribution in [0.25, 0.3) is 10.6 Å². The molecule has 0 spiro atoms. The van der Waals surface area contributed by atoms with E-state index in [0.717, 1.165) is 49.7 Å². The van der Waals surface area contributed by atoms with E-state index in [1.54, 1.807) is 12.1 Å². The average Bonchev–Trinajstić information content (AvgIpc) is 3.60. The van der Waals surface area contributed by atoms with Gasteiger partial charge in [0.2, 0.25) is 5.91 Å². The van der Waals surface area contributed by atoms with E-state index in [1.165, 1.54) is 17.2 Å². The van der Waals surface area contributed by atoms with E-state index in [9.17, 15) is 22.8 Å². The minimum absolute atomic E-state index is 0.0341. The van der Waals surface area contributed by atoms with Gasteiger partial charge in [-0.1, -0.05) is 19.3 Å². The Kier molecular flexibility index (Phi) is 7.36. The number of Topliss-reactive ketones (excluding diaryl/α,β-unsaturated/α-hetero) is 1. The Labute approximate surface area is 223 Å². The van der Waals surface area contributed by atoms with Crippen LogP contribution < -0.4 is 5.32 Å². The summed E-state index contributed by atoms with van der Waals surface area (Å²) in [7, 11) is -3.46. The summed E-state index contributed by atoms with van der Waals surface area (Å²) in [6, 6.07) is 3.19. The fraction of sp³-hybridized carbons (Fsp3) is 0.542. The van der Waals surface area contributed by atoms with Crippen molar-refractivity contribution in [3.05, 3.63) is 29.3 Å². The molecule has 1 unspecified atom stereocenters. The zero-order valence-corrected chi connectivity index (χ0v) is 22.5. The second kappa shape index (κ2) is 10.4. The molecule has 3 aliphatic rings. The summed E-state index contributed by atoms with van der Waals surface area (Å²) in [6.45, 7) is 0.128. The first-order chi connectivity index (χ1) is 17.6.